The van der Waals surface area contributed by atoms with Gasteiger partial charge in [0.1, 0.15) is 0 Å². The average Bonchev–Trinajstić information content (AvgIpc) is 2.63. The van der Waals surface area contributed by atoms with Gasteiger partial charge in [-0.25, -0.2) is 4.79 Å². The number of nitrogens with zero attached hydrogens (tertiary/aromatic N) is 2. The molecular formula is C8H10N2O2S2. The van der Waals surface area contributed by atoms with Crippen LogP contribution >= 0.6 is 23.1 Å². The molecule has 0 aliphatic heterocycles. The van der Waals surface area contributed by atoms with Gasteiger partial charge in [-0.1, -0.05) is 29.2 Å². The Morgan fingerprint density at radius 1 is 1.71 bits per heavy atom. The molecule has 76 valence electrons. The summed E-state index contributed by atoms with van der Waals surface area (Å²) >= 11 is 2.74. The van der Waals surface area contributed by atoms with Crippen molar-refractivity contribution >= 4 is 29.1 Å². The maximum Gasteiger partial charge on any atom is 0.369 e. The smallest absolute Gasteiger partial charge is 0.369 e. The highest BCUT2D eigenvalue weighted by molar-refractivity contribution is 8.01. The number of ether oxygens (including phenoxy) is 1. The number of thioether (sulfide) groups is 1. The molecule has 1 aromatic heterocycles. The highest BCUT2D eigenvalue weighted by atomic mass is 32.2. The van der Waals surface area contributed by atoms with Crippen LogP contribution in [0.4, 0.5) is 0 Å². The summed E-state index contributed by atoms with van der Waals surface area (Å²) in [5.74, 6) is 0.354. The highest BCUT2D eigenvalue weighted by Crippen LogP contribution is 2.22. The molecule has 0 bridgehead atoms. The Balaban J connectivity index is 2.58. The monoisotopic (exact) mass is 230 g/mol. The third-order valence-electron chi connectivity index (χ3n) is 1.18. The molecule has 0 aliphatic carbocycles. The fourth-order valence-electron chi connectivity index (χ4n) is 0.674. The number of esters is 1. The number of hydrogen-bond acceptors (Lipinski definition) is 6. The van der Waals surface area contributed by atoms with Gasteiger partial charge >= 0.3 is 5.97 Å². The molecule has 0 aromatic carbocycles. The van der Waals surface area contributed by atoms with E-state index in [1.165, 1.54) is 23.1 Å². The Labute approximate surface area is 90.4 Å². The zero-order chi connectivity index (χ0) is 10.4. The summed E-state index contributed by atoms with van der Waals surface area (Å²) in [6.07, 6.45) is 1.77. The fourth-order valence-corrected chi connectivity index (χ4v) is 2.18. The first kappa shape index (κ1) is 11.2. The van der Waals surface area contributed by atoms with Crippen LogP contribution in [0.5, 0.6) is 0 Å². The quantitative estimate of drug-likeness (QED) is 0.440. The van der Waals surface area contributed by atoms with Crippen molar-refractivity contribution in [1.29, 1.82) is 0 Å². The summed E-state index contributed by atoms with van der Waals surface area (Å²) < 4.78 is 5.54. The molecule has 0 amide bonds. The van der Waals surface area contributed by atoms with E-state index in [0.717, 1.165) is 10.1 Å². The first-order valence-corrected chi connectivity index (χ1v) is 5.82. The lowest BCUT2D eigenvalue weighted by Crippen LogP contribution is -2.03. The molecule has 0 radical (unpaired) electrons. The number of carbonyl (C=O) groups is 1. The largest absolute Gasteiger partial charge is 0.461 e. The Morgan fingerprint density at radius 2 is 2.50 bits per heavy atom. The normalized spacial score (nSPS) is 9.79. The van der Waals surface area contributed by atoms with E-state index in [2.05, 4.69) is 16.8 Å². The molecule has 0 saturated heterocycles. The van der Waals surface area contributed by atoms with Gasteiger partial charge in [-0.15, -0.1) is 16.8 Å². The molecule has 0 aliphatic rings. The summed E-state index contributed by atoms with van der Waals surface area (Å²) in [6, 6.07) is 0. The van der Waals surface area contributed by atoms with Gasteiger partial charge < -0.3 is 4.74 Å². The van der Waals surface area contributed by atoms with Gasteiger partial charge in [0, 0.05) is 5.75 Å². The zero-order valence-electron chi connectivity index (χ0n) is 7.73. The van der Waals surface area contributed by atoms with E-state index in [1.807, 2.05) is 0 Å². The van der Waals surface area contributed by atoms with Gasteiger partial charge in [0.2, 0.25) is 5.01 Å². The number of rotatable bonds is 5. The van der Waals surface area contributed by atoms with Crippen molar-refractivity contribution < 1.29 is 9.53 Å². The van der Waals surface area contributed by atoms with Gasteiger partial charge in [0.05, 0.1) is 6.61 Å². The third-order valence-corrected chi connectivity index (χ3v) is 3.21. The summed E-state index contributed by atoms with van der Waals surface area (Å²) in [6.45, 7) is 5.70. The van der Waals surface area contributed by atoms with E-state index >= 15 is 0 Å². The lowest BCUT2D eigenvalue weighted by molar-refractivity contribution is 0.0525. The molecule has 0 unspecified atom stereocenters. The molecule has 4 nitrogen and oxygen atoms in total. The van der Waals surface area contributed by atoms with Crippen molar-refractivity contribution in [2.24, 2.45) is 0 Å². The first-order valence-electron chi connectivity index (χ1n) is 4.02. The Morgan fingerprint density at radius 3 is 3.14 bits per heavy atom. The minimum Gasteiger partial charge on any atom is -0.461 e. The van der Waals surface area contributed by atoms with E-state index in [0.29, 0.717) is 11.6 Å². The average molecular weight is 230 g/mol. The number of hydrogen-bond donors (Lipinski definition) is 0. The lowest BCUT2D eigenvalue weighted by Gasteiger charge is -1.94. The second-order valence-electron chi connectivity index (χ2n) is 2.19. The van der Waals surface area contributed by atoms with E-state index in [4.69, 9.17) is 4.74 Å². The molecule has 1 heterocycles. The van der Waals surface area contributed by atoms with Crippen molar-refractivity contribution in [3.63, 3.8) is 0 Å². The predicted molar refractivity (Wildman–Crippen MR) is 56.8 cm³/mol. The number of carbonyl (C=O) groups excluding carboxylic acids is 1. The molecule has 6 heteroatoms. The van der Waals surface area contributed by atoms with Crippen molar-refractivity contribution in [2.45, 2.75) is 11.3 Å². The standard InChI is InChI=1S/C8H10N2O2S2/c1-3-5-13-8-10-9-6(14-8)7(11)12-4-2/h3H,1,4-5H2,2H3. The maximum absolute atomic E-state index is 11.2. The Bertz CT molecular complexity index is 325. The van der Waals surface area contributed by atoms with Crippen LogP contribution in [0.25, 0.3) is 0 Å². The van der Waals surface area contributed by atoms with Crippen LogP contribution < -0.4 is 0 Å². The van der Waals surface area contributed by atoms with Gasteiger partial charge in [-0.2, -0.15) is 0 Å². The molecule has 0 atom stereocenters. The highest BCUT2D eigenvalue weighted by Gasteiger charge is 2.13. The molecule has 0 fully saturated rings. The molecule has 0 spiro atoms. The van der Waals surface area contributed by atoms with E-state index < -0.39 is 5.97 Å². The van der Waals surface area contributed by atoms with Gasteiger partial charge in [-0.3, -0.25) is 0 Å². The Kier molecular flexibility index (Phi) is 4.61. The lowest BCUT2D eigenvalue weighted by atomic mass is 10.7. The predicted octanol–water partition coefficient (Wildman–Crippen LogP) is 1.99. The van der Waals surface area contributed by atoms with Crippen molar-refractivity contribution in [2.75, 3.05) is 12.4 Å². The third kappa shape index (κ3) is 3.12. The number of aromatic nitrogens is 2. The summed E-state index contributed by atoms with van der Waals surface area (Å²) in [4.78, 5) is 11.2. The van der Waals surface area contributed by atoms with Crippen molar-refractivity contribution in [3.8, 4) is 0 Å². The molecule has 1 rings (SSSR count). The zero-order valence-corrected chi connectivity index (χ0v) is 9.36. The minimum absolute atomic E-state index is 0.304. The second-order valence-corrected chi connectivity index (χ2v) is 4.44. The van der Waals surface area contributed by atoms with Crippen molar-refractivity contribution in [3.05, 3.63) is 17.7 Å². The van der Waals surface area contributed by atoms with E-state index in [-0.39, 0.29) is 0 Å². The van der Waals surface area contributed by atoms with Gasteiger partial charge in [0.15, 0.2) is 4.34 Å². The topological polar surface area (TPSA) is 52.1 Å². The SMILES string of the molecule is C=CCSc1nnc(C(=O)OCC)s1. The van der Waals surface area contributed by atoms with E-state index in [1.54, 1.807) is 13.0 Å². The van der Waals surface area contributed by atoms with E-state index in [9.17, 15) is 4.79 Å². The Hall–Kier alpha value is -0.880. The summed E-state index contributed by atoms with van der Waals surface area (Å²) in [5, 5.41) is 7.87. The van der Waals surface area contributed by atoms with Crippen LogP contribution in [-0.2, 0) is 4.74 Å². The molecular weight excluding hydrogens is 220 g/mol. The summed E-state index contributed by atoms with van der Waals surface area (Å²) in [5.41, 5.74) is 0. The molecule has 14 heavy (non-hydrogen) atoms. The van der Waals surface area contributed by atoms with Crippen LogP contribution in [0.2, 0.25) is 0 Å². The van der Waals surface area contributed by atoms with Crippen LogP contribution in [0.3, 0.4) is 0 Å². The van der Waals surface area contributed by atoms with Crippen LogP contribution in [0, 0.1) is 0 Å². The first-order chi connectivity index (χ1) is 6.77. The maximum atomic E-state index is 11.2. The minimum atomic E-state index is -0.407. The fraction of sp³-hybridized carbons (Fsp3) is 0.375. The summed E-state index contributed by atoms with van der Waals surface area (Å²) in [7, 11) is 0. The molecule has 0 N–H and O–H groups in total. The van der Waals surface area contributed by atoms with Gasteiger partial charge in [-0.05, 0) is 6.92 Å². The van der Waals surface area contributed by atoms with Crippen LogP contribution in [0.1, 0.15) is 16.7 Å². The molecule has 0 saturated carbocycles. The van der Waals surface area contributed by atoms with Gasteiger partial charge in [0.25, 0.3) is 0 Å². The van der Waals surface area contributed by atoms with Crippen LogP contribution in [0.15, 0.2) is 17.0 Å². The molecule has 1 aromatic rings. The van der Waals surface area contributed by atoms with Crippen LogP contribution in [-0.4, -0.2) is 28.5 Å². The van der Waals surface area contributed by atoms with Crippen molar-refractivity contribution in [1.82, 2.24) is 10.2 Å². The second kappa shape index (κ2) is 5.77.